The maximum Gasteiger partial charge on any atom is 0.0357 e. The Labute approximate surface area is 128 Å². The van der Waals surface area contributed by atoms with E-state index in [0.717, 1.165) is 13.1 Å². The van der Waals surface area contributed by atoms with Crippen molar-refractivity contribution in [3.8, 4) is 10.4 Å². The zero-order valence-electron chi connectivity index (χ0n) is 9.47. The van der Waals surface area contributed by atoms with Crippen LogP contribution in [0.3, 0.4) is 0 Å². The Balaban J connectivity index is 2.24. The summed E-state index contributed by atoms with van der Waals surface area (Å²) in [5.74, 6) is 0. The first-order valence-electron chi connectivity index (χ1n) is 5.45. The van der Waals surface area contributed by atoms with Gasteiger partial charge in [0.15, 0.2) is 0 Å². The Morgan fingerprint density at radius 2 is 2.12 bits per heavy atom. The number of thiophene rings is 1. The van der Waals surface area contributed by atoms with E-state index in [1.807, 2.05) is 11.3 Å². The van der Waals surface area contributed by atoms with Gasteiger partial charge < -0.3 is 5.32 Å². The molecule has 17 heavy (non-hydrogen) atoms. The molecule has 0 saturated heterocycles. The second-order valence-corrected chi connectivity index (χ2v) is 6.94. The van der Waals surface area contributed by atoms with Crippen molar-refractivity contribution in [2.75, 3.05) is 6.54 Å². The lowest BCUT2D eigenvalue weighted by atomic mass is 10.2. The van der Waals surface area contributed by atoms with Crippen molar-refractivity contribution >= 4 is 49.9 Å². The Hall–Kier alpha value is 0.0900. The van der Waals surface area contributed by atoms with Crippen LogP contribution in [0.2, 0.25) is 0 Å². The Morgan fingerprint density at radius 1 is 1.29 bits per heavy atom. The molecule has 0 fully saturated rings. The molecule has 1 aromatic carbocycles. The fraction of sp³-hybridized carbons (Fsp3) is 0.231. The van der Waals surface area contributed by atoms with Crippen LogP contribution in [0.1, 0.15) is 11.8 Å². The lowest BCUT2D eigenvalue weighted by Crippen LogP contribution is -2.10. The second-order valence-electron chi connectivity index (χ2n) is 3.67. The third-order valence-corrected chi connectivity index (χ3v) is 4.85. The van der Waals surface area contributed by atoms with Gasteiger partial charge in [-0.2, -0.15) is 0 Å². The number of rotatable bonds is 4. The number of hydrogen-bond acceptors (Lipinski definition) is 2. The molecule has 1 N–H and O–H groups in total. The minimum Gasteiger partial charge on any atom is -0.312 e. The molecule has 4 heteroatoms. The van der Waals surface area contributed by atoms with E-state index in [-0.39, 0.29) is 0 Å². The standard InChI is InChI=1S/C13H13BrINS/c1-2-16-8-10-4-6-13(17-10)11-5-3-9(15)7-12(11)14/h3-7,16H,2,8H2,1H3. The van der Waals surface area contributed by atoms with Crippen molar-refractivity contribution in [1.29, 1.82) is 0 Å². The fourth-order valence-corrected chi connectivity index (χ4v) is 4.21. The quantitative estimate of drug-likeness (QED) is 0.693. The van der Waals surface area contributed by atoms with Crippen LogP contribution in [0.4, 0.5) is 0 Å². The topological polar surface area (TPSA) is 12.0 Å². The van der Waals surface area contributed by atoms with Crippen LogP contribution in [0.5, 0.6) is 0 Å². The monoisotopic (exact) mass is 421 g/mol. The Morgan fingerprint density at radius 3 is 2.82 bits per heavy atom. The summed E-state index contributed by atoms with van der Waals surface area (Å²) in [4.78, 5) is 2.70. The molecule has 0 spiro atoms. The van der Waals surface area contributed by atoms with Crippen LogP contribution in [-0.2, 0) is 6.54 Å². The minimum atomic E-state index is 0.961. The summed E-state index contributed by atoms with van der Waals surface area (Å²) in [6.07, 6.45) is 0. The van der Waals surface area contributed by atoms with E-state index in [0.29, 0.717) is 0 Å². The SMILES string of the molecule is CCNCc1ccc(-c2ccc(I)cc2Br)s1. The Kier molecular flexibility index (Phi) is 5.02. The van der Waals surface area contributed by atoms with Crippen LogP contribution in [-0.4, -0.2) is 6.54 Å². The van der Waals surface area contributed by atoms with E-state index in [2.05, 4.69) is 81.1 Å². The Bertz CT molecular complexity index is 510. The van der Waals surface area contributed by atoms with Gasteiger partial charge in [0.1, 0.15) is 0 Å². The van der Waals surface area contributed by atoms with Gasteiger partial charge in [-0.1, -0.05) is 28.9 Å². The maximum absolute atomic E-state index is 3.63. The van der Waals surface area contributed by atoms with Gasteiger partial charge in [-0.25, -0.2) is 0 Å². The summed E-state index contributed by atoms with van der Waals surface area (Å²) >= 11 is 7.81. The molecule has 0 aliphatic rings. The summed E-state index contributed by atoms with van der Waals surface area (Å²) in [5, 5.41) is 3.35. The van der Waals surface area contributed by atoms with Crippen LogP contribution in [0.15, 0.2) is 34.8 Å². The molecule has 1 nitrogen and oxygen atoms in total. The molecule has 0 aliphatic carbocycles. The van der Waals surface area contributed by atoms with Gasteiger partial charge in [-0.3, -0.25) is 0 Å². The normalized spacial score (nSPS) is 10.8. The van der Waals surface area contributed by atoms with Crippen LogP contribution < -0.4 is 5.32 Å². The summed E-state index contributed by atoms with van der Waals surface area (Å²) in [6.45, 7) is 4.11. The van der Waals surface area contributed by atoms with Crippen molar-refractivity contribution in [3.63, 3.8) is 0 Å². The molecular formula is C13H13BrINS. The molecular weight excluding hydrogens is 409 g/mol. The number of benzene rings is 1. The van der Waals surface area contributed by atoms with Gasteiger partial charge in [0.25, 0.3) is 0 Å². The molecule has 0 bridgehead atoms. The fourth-order valence-electron chi connectivity index (χ4n) is 1.56. The first-order chi connectivity index (χ1) is 8.20. The molecule has 2 rings (SSSR count). The lowest BCUT2D eigenvalue weighted by Gasteiger charge is -2.02. The molecule has 0 atom stereocenters. The molecule has 0 amide bonds. The van der Waals surface area contributed by atoms with Crippen molar-refractivity contribution in [2.45, 2.75) is 13.5 Å². The average molecular weight is 422 g/mol. The maximum atomic E-state index is 3.63. The van der Waals surface area contributed by atoms with Crippen LogP contribution >= 0.6 is 49.9 Å². The molecule has 0 saturated carbocycles. The van der Waals surface area contributed by atoms with Gasteiger partial charge >= 0.3 is 0 Å². The van der Waals surface area contributed by atoms with E-state index in [1.54, 1.807) is 0 Å². The predicted octanol–water partition coefficient (Wildman–Crippen LogP) is 4.89. The summed E-state index contributed by atoms with van der Waals surface area (Å²) in [5.41, 5.74) is 1.28. The third kappa shape index (κ3) is 3.53. The number of hydrogen-bond donors (Lipinski definition) is 1. The van der Waals surface area contributed by atoms with Gasteiger partial charge in [0.2, 0.25) is 0 Å². The van der Waals surface area contributed by atoms with Gasteiger partial charge in [0.05, 0.1) is 0 Å². The van der Waals surface area contributed by atoms with Crippen LogP contribution in [0.25, 0.3) is 10.4 Å². The van der Waals surface area contributed by atoms with Crippen molar-refractivity contribution in [2.24, 2.45) is 0 Å². The van der Waals surface area contributed by atoms with Gasteiger partial charge in [-0.15, -0.1) is 11.3 Å². The molecule has 0 unspecified atom stereocenters. The molecule has 2 aromatic rings. The largest absolute Gasteiger partial charge is 0.312 e. The van der Waals surface area contributed by atoms with E-state index < -0.39 is 0 Å². The summed E-state index contributed by atoms with van der Waals surface area (Å²) in [6, 6.07) is 10.9. The highest BCUT2D eigenvalue weighted by atomic mass is 127. The minimum absolute atomic E-state index is 0.961. The zero-order chi connectivity index (χ0) is 12.3. The van der Waals surface area contributed by atoms with E-state index in [9.17, 15) is 0 Å². The average Bonchev–Trinajstić information content (AvgIpc) is 2.75. The third-order valence-electron chi connectivity index (χ3n) is 2.41. The van der Waals surface area contributed by atoms with Gasteiger partial charge in [0, 0.05) is 29.9 Å². The highest BCUT2D eigenvalue weighted by Crippen LogP contribution is 2.34. The van der Waals surface area contributed by atoms with Crippen molar-refractivity contribution < 1.29 is 0 Å². The van der Waals surface area contributed by atoms with E-state index in [4.69, 9.17) is 0 Å². The highest BCUT2D eigenvalue weighted by molar-refractivity contribution is 14.1. The smallest absolute Gasteiger partial charge is 0.0357 e. The van der Waals surface area contributed by atoms with Crippen molar-refractivity contribution in [1.82, 2.24) is 5.32 Å². The van der Waals surface area contributed by atoms with Gasteiger partial charge in [-0.05, 0) is 53.4 Å². The zero-order valence-corrected chi connectivity index (χ0v) is 14.0. The summed E-state index contributed by atoms with van der Waals surface area (Å²) in [7, 11) is 0. The molecule has 0 aliphatic heterocycles. The molecule has 1 aromatic heterocycles. The second kappa shape index (κ2) is 6.31. The highest BCUT2D eigenvalue weighted by Gasteiger charge is 2.06. The first-order valence-corrected chi connectivity index (χ1v) is 8.14. The molecule has 1 heterocycles. The van der Waals surface area contributed by atoms with Crippen molar-refractivity contribution in [3.05, 3.63) is 43.3 Å². The van der Waals surface area contributed by atoms with E-state index >= 15 is 0 Å². The summed E-state index contributed by atoms with van der Waals surface area (Å²) < 4.78 is 2.42. The van der Waals surface area contributed by atoms with E-state index in [1.165, 1.54) is 23.4 Å². The van der Waals surface area contributed by atoms with Crippen LogP contribution in [0, 0.1) is 3.57 Å². The first kappa shape index (κ1) is 13.5. The lowest BCUT2D eigenvalue weighted by molar-refractivity contribution is 0.735. The molecule has 0 radical (unpaired) electrons. The number of halogens is 2. The number of nitrogens with one attached hydrogen (secondary N) is 1. The predicted molar refractivity (Wildman–Crippen MR) is 87.6 cm³/mol. The molecule has 90 valence electrons.